The molecule has 0 saturated carbocycles. The summed E-state index contributed by atoms with van der Waals surface area (Å²) in [5.74, 6) is -3.28. The Kier molecular flexibility index (Phi) is 9.41. The monoisotopic (exact) mass is 577 g/mol. The zero-order valence-corrected chi connectivity index (χ0v) is 23.8. The molecule has 1 amide bonds. The summed E-state index contributed by atoms with van der Waals surface area (Å²) in [6, 6.07) is 3.27. The van der Waals surface area contributed by atoms with Crippen LogP contribution in [-0.2, 0) is 20.9 Å². The lowest BCUT2D eigenvalue weighted by Gasteiger charge is -2.23. The van der Waals surface area contributed by atoms with Crippen molar-refractivity contribution in [3.8, 4) is 22.1 Å². The first kappa shape index (κ1) is 29.7. The van der Waals surface area contributed by atoms with Gasteiger partial charge in [-0.15, -0.1) is 5.10 Å². The maximum atomic E-state index is 13.5. The van der Waals surface area contributed by atoms with E-state index in [1.54, 1.807) is 39.8 Å². The summed E-state index contributed by atoms with van der Waals surface area (Å²) >= 11 is 7.07. The van der Waals surface area contributed by atoms with Crippen LogP contribution in [0.4, 0.5) is 0 Å². The molecular weight excluding hydrogens is 550 g/mol. The maximum absolute atomic E-state index is 13.5. The molecule has 208 valence electrons. The maximum Gasteiger partial charge on any atom is 0.311 e. The summed E-state index contributed by atoms with van der Waals surface area (Å²) < 4.78 is 17.3. The van der Waals surface area contributed by atoms with Crippen LogP contribution in [0.25, 0.3) is 11.1 Å². The van der Waals surface area contributed by atoms with Gasteiger partial charge in [-0.2, -0.15) is 4.99 Å². The second-order valence-corrected chi connectivity index (χ2v) is 10.7. The number of pyridine rings is 2. The van der Waals surface area contributed by atoms with Crippen molar-refractivity contribution in [2.75, 3.05) is 14.2 Å². The van der Waals surface area contributed by atoms with E-state index < -0.39 is 35.8 Å². The van der Waals surface area contributed by atoms with Gasteiger partial charge in [0.15, 0.2) is 0 Å². The van der Waals surface area contributed by atoms with Gasteiger partial charge in [-0.1, -0.05) is 11.6 Å². The number of rotatable bonds is 9. The highest BCUT2D eigenvalue weighted by Gasteiger charge is 2.29. The summed E-state index contributed by atoms with van der Waals surface area (Å²) in [7, 11) is 2.86. The minimum atomic E-state index is -1.19. The van der Waals surface area contributed by atoms with Crippen LogP contribution < -0.4 is 14.3 Å². The smallest absolute Gasteiger partial charge is 0.311 e. The molecule has 1 atom stereocenters. The Bertz CT molecular complexity index is 1460. The Labute approximate surface area is 233 Å². The number of halogens is 1. The van der Waals surface area contributed by atoms with Crippen LogP contribution in [0.2, 0.25) is 5.15 Å². The number of hydrogen-bond donors (Lipinski definition) is 1. The second-order valence-electron chi connectivity index (χ2n) is 9.36. The van der Waals surface area contributed by atoms with Crippen LogP contribution in [0, 0.1) is 12.8 Å². The number of hydrogen-bond acceptors (Lipinski definition) is 10. The highest BCUT2D eigenvalue weighted by molar-refractivity contribution is 7.10. The molecule has 0 fully saturated rings. The van der Waals surface area contributed by atoms with E-state index in [-0.39, 0.29) is 27.3 Å². The van der Waals surface area contributed by atoms with E-state index in [4.69, 9.17) is 25.8 Å². The third-order valence-corrected chi connectivity index (χ3v) is 6.26. The molecule has 0 aliphatic rings. The number of carbonyl (C=O) groups is 3. The minimum absolute atomic E-state index is 0.0852. The molecule has 0 aromatic carbocycles. The second kappa shape index (κ2) is 12.3. The Morgan fingerprint density at radius 1 is 1.13 bits per heavy atom. The molecule has 39 heavy (non-hydrogen) atoms. The molecule has 14 heteroatoms. The molecule has 0 radical (unpaired) electrons. The van der Waals surface area contributed by atoms with Gasteiger partial charge in [-0.3, -0.25) is 19.4 Å². The highest BCUT2D eigenvalue weighted by Crippen LogP contribution is 2.34. The lowest BCUT2D eigenvalue weighted by atomic mass is 10.0. The first-order valence-electron chi connectivity index (χ1n) is 11.6. The summed E-state index contributed by atoms with van der Waals surface area (Å²) in [5, 5.41) is 14.0. The molecule has 1 N–H and O–H groups in total. The number of esters is 1. The molecule has 3 aromatic heterocycles. The van der Waals surface area contributed by atoms with Gasteiger partial charge in [0.2, 0.25) is 4.80 Å². The highest BCUT2D eigenvalue weighted by atomic mass is 35.5. The number of nitrogens with zero attached hydrogens (tertiary/aromatic N) is 5. The average molecular weight is 578 g/mol. The third kappa shape index (κ3) is 7.83. The predicted octanol–water partition coefficient (Wildman–Crippen LogP) is 3.55. The van der Waals surface area contributed by atoms with Crippen molar-refractivity contribution in [1.29, 1.82) is 0 Å². The quantitative estimate of drug-likeness (QED) is 0.295. The molecule has 0 saturated heterocycles. The Hall–Kier alpha value is -3.84. The fourth-order valence-corrected chi connectivity index (χ4v) is 4.38. The normalized spacial score (nSPS) is 12.6. The van der Waals surface area contributed by atoms with E-state index in [9.17, 15) is 19.5 Å². The molecule has 0 bridgehead atoms. The fraction of sp³-hybridized carbons (Fsp3) is 0.400. The lowest BCUT2D eigenvalue weighted by molar-refractivity contribution is -0.163. The first-order chi connectivity index (χ1) is 18.3. The van der Waals surface area contributed by atoms with Gasteiger partial charge < -0.3 is 19.3 Å². The van der Waals surface area contributed by atoms with Crippen molar-refractivity contribution in [1.82, 2.24) is 19.7 Å². The molecule has 12 nitrogen and oxygen atoms in total. The average Bonchev–Trinajstić information content (AvgIpc) is 3.23. The van der Waals surface area contributed by atoms with Gasteiger partial charge in [0, 0.05) is 23.0 Å². The van der Waals surface area contributed by atoms with Gasteiger partial charge in [0.05, 0.1) is 44.9 Å². The van der Waals surface area contributed by atoms with Gasteiger partial charge in [0.1, 0.15) is 16.5 Å². The van der Waals surface area contributed by atoms with Gasteiger partial charge >= 0.3 is 11.9 Å². The van der Waals surface area contributed by atoms with E-state index in [2.05, 4.69) is 20.1 Å². The fourth-order valence-electron chi connectivity index (χ4n) is 3.49. The number of ether oxygens (including phenoxy) is 3. The van der Waals surface area contributed by atoms with Crippen molar-refractivity contribution in [3.05, 3.63) is 45.7 Å². The summed E-state index contributed by atoms with van der Waals surface area (Å²) in [6.07, 6.45) is 2.32. The number of methoxy groups -OCH3 is 2. The molecule has 0 aliphatic carbocycles. The van der Waals surface area contributed by atoms with Crippen LogP contribution in [0.1, 0.15) is 43.2 Å². The molecule has 0 aliphatic heterocycles. The van der Waals surface area contributed by atoms with Crippen LogP contribution in [0.3, 0.4) is 0 Å². The SMILES string of the molecule is COc1nn(CC(CC(=O)O)C(=O)OC(C)(C)C)c(=NC(=O)c2cnc(C)cc2-c2cc(Cl)ncc2OC)s1. The van der Waals surface area contributed by atoms with Crippen molar-refractivity contribution < 1.29 is 33.7 Å². The number of aromatic nitrogens is 4. The Morgan fingerprint density at radius 3 is 2.46 bits per heavy atom. The predicted molar refractivity (Wildman–Crippen MR) is 142 cm³/mol. The van der Waals surface area contributed by atoms with E-state index in [1.165, 1.54) is 31.3 Å². The lowest BCUT2D eigenvalue weighted by Crippen LogP contribution is -2.34. The van der Waals surface area contributed by atoms with E-state index in [0.717, 1.165) is 11.3 Å². The molecule has 3 rings (SSSR count). The van der Waals surface area contributed by atoms with Crippen LogP contribution in [-0.4, -0.2) is 62.5 Å². The molecule has 0 spiro atoms. The molecular formula is C25H28ClN5O7S. The molecule has 1 unspecified atom stereocenters. The number of amides is 1. The molecule has 3 aromatic rings. The van der Waals surface area contributed by atoms with Crippen molar-refractivity contribution >= 4 is 40.8 Å². The van der Waals surface area contributed by atoms with Crippen LogP contribution in [0.15, 0.2) is 29.5 Å². The van der Waals surface area contributed by atoms with Crippen molar-refractivity contribution in [2.24, 2.45) is 10.9 Å². The number of aryl methyl sites for hydroxylation is 1. The Balaban J connectivity index is 2.08. The van der Waals surface area contributed by atoms with Crippen LogP contribution >= 0.6 is 22.9 Å². The van der Waals surface area contributed by atoms with Gasteiger partial charge in [-0.25, -0.2) is 9.67 Å². The van der Waals surface area contributed by atoms with Crippen LogP contribution in [0.5, 0.6) is 10.9 Å². The number of carboxylic acids is 1. The summed E-state index contributed by atoms with van der Waals surface area (Å²) in [4.78, 5) is 50.3. The largest absolute Gasteiger partial charge is 0.494 e. The Morgan fingerprint density at radius 2 is 1.85 bits per heavy atom. The molecule has 3 heterocycles. The summed E-state index contributed by atoms with van der Waals surface area (Å²) in [5.41, 5.74) is 0.947. The zero-order valence-electron chi connectivity index (χ0n) is 22.2. The van der Waals surface area contributed by atoms with E-state index in [0.29, 0.717) is 22.6 Å². The number of carboxylic acid groups (broad SMARTS) is 1. The summed E-state index contributed by atoms with van der Waals surface area (Å²) in [6.45, 7) is 6.60. The van der Waals surface area contributed by atoms with Crippen molar-refractivity contribution in [2.45, 2.75) is 46.3 Å². The van der Waals surface area contributed by atoms with E-state index >= 15 is 0 Å². The van der Waals surface area contributed by atoms with Crippen molar-refractivity contribution in [3.63, 3.8) is 0 Å². The zero-order chi connectivity index (χ0) is 28.9. The number of aliphatic carboxylic acids is 1. The minimum Gasteiger partial charge on any atom is -0.494 e. The van der Waals surface area contributed by atoms with E-state index in [1.807, 2.05) is 0 Å². The topological polar surface area (TPSA) is 155 Å². The standard InChI is InChI=1S/C25H28ClN5O7S/c1-13-7-15(16-9-19(26)28-11-18(16)36-5)17(10-27-13)21(34)29-23-31(30-24(37-6)39-23)12-14(8-20(32)33)22(35)38-25(2,3)4/h7,9-11,14H,8,12H2,1-6H3,(H,32,33). The van der Waals surface area contributed by atoms with Gasteiger partial charge in [-0.05, 0) is 51.2 Å². The third-order valence-electron chi connectivity index (χ3n) is 5.14. The number of carbonyl (C=O) groups excluding carboxylic acids is 2. The van der Waals surface area contributed by atoms with Gasteiger partial charge in [0.25, 0.3) is 11.1 Å². The first-order valence-corrected chi connectivity index (χ1v) is 12.8.